The molecule has 0 aromatic heterocycles. The number of alkyl halides is 3. The summed E-state index contributed by atoms with van der Waals surface area (Å²) in [5.41, 5.74) is 2.44. The van der Waals surface area contributed by atoms with Crippen LogP contribution in [0.1, 0.15) is 55.4 Å². The molecule has 0 N–H and O–H groups in total. The highest BCUT2D eigenvalue weighted by molar-refractivity contribution is 5.95. The van der Waals surface area contributed by atoms with Crippen LogP contribution in [-0.4, -0.2) is 23.4 Å². The zero-order valence-electron chi connectivity index (χ0n) is 19.2. The quantitative estimate of drug-likeness (QED) is 0.498. The number of amides is 1. The lowest BCUT2D eigenvalue weighted by atomic mass is 9.83. The number of benzene rings is 2. The third-order valence-electron chi connectivity index (χ3n) is 5.65. The van der Waals surface area contributed by atoms with Crippen molar-refractivity contribution in [2.45, 2.75) is 52.8 Å². The van der Waals surface area contributed by atoms with E-state index >= 15 is 0 Å². The van der Waals surface area contributed by atoms with E-state index in [1.165, 1.54) is 12.1 Å². The Hall–Kier alpha value is -3.09. The van der Waals surface area contributed by atoms with Gasteiger partial charge in [0.15, 0.2) is 0 Å². The van der Waals surface area contributed by atoms with Crippen LogP contribution in [0, 0.1) is 12.8 Å². The van der Waals surface area contributed by atoms with Gasteiger partial charge in [0.1, 0.15) is 0 Å². The molecule has 1 heterocycles. The molecule has 0 unspecified atom stereocenters. The van der Waals surface area contributed by atoms with Crippen LogP contribution in [0.15, 0.2) is 59.8 Å². The number of carbonyl (C=O) groups is 2. The minimum Gasteiger partial charge on any atom is -0.462 e. The van der Waals surface area contributed by atoms with Crippen LogP contribution in [-0.2, 0) is 27.0 Å². The lowest BCUT2D eigenvalue weighted by Crippen LogP contribution is -2.38. The summed E-state index contributed by atoms with van der Waals surface area (Å²) in [6.07, 6.45) is -4.49. The lowest BCUT2D eigenvalue weighted by molar-refractivity contribution is -0.141. The van der Waals surface area contributed by atoms with E-state index in [4.69, 9.17) is 4.74 Å². The first kappa shape index (κ1) is 24.6. The normalized spacial score (nSPS) is 17.0. The molecule has 0 fully saturated rings. The second-order valence-electron chi connectivity index (χ2n) is 8.84. The molecule has 1 amide bonds. The van der Waals surface area contributed by atoms with Crippen molar-refractivity contribution in [1.82, 2.24) is 4.90 Å². The summed E-state index contributed by atoms with van der Waals surface area (Å²) in [5, 5.41) is 0. The molecule has 2 aromatic rings. The molecule has 4 nitrogen and oxygen atoms in total. The summed E-state index contributed by atoms with van der Waals surface area (Å²) in [6, 6.07) is 12.4. The predicted molar refractivity (Wildman–Crippen MR) is 119 cm³/mol. The molecule has 1 aliphatic rings. The van der Waals surface area contributed by atoms with Crippen LogP contribution in [0.4, 0.5) is 13.2 Å². The molecule has 0 bridgehead atoms. The Labute approximate surface area is 192 Å². The Bertz CT molecular complexity index is 1060. The predicted octanol–water partition coefficient (Wildman–Crippen LogP) is 6.00. The zero-order valence-corrected chi connectivity index (χ0v) is 19.2. The molecule has 7 heteroatoms. The maximum atomic E-state index is 13.1. The number of nitrogens with zero attached hydrogens (tertiary/aromatic N) is 1. The molecule has 2 aromatic carbocycles. The molecule has 33 heavy (non-hydrogen) atoms. The van der Waals surface area contributed by atoms with Crippen molar-refractivity contribution in [2.24, 2.45) is 5.92 Å². The van der Waals surface area contributed by atoms with Crippen LogP contribution >= 0.6 is 0 Å². The van der Waals surface area contributed by atoms with Gasteiger partial charge >= 0.3 is 12.1 Å². The molecule has 1 aliphatic heterocycles. The monoisotopic (exact) mass is 459 g/mol. The van der Waals surface area contributed by atoms with Gasteiger partial charge in [-0.15, -0.1) is 0 Å². The average molecular weight is 460 g/mol. The zero-order chi connectivity index (χ0) is 24.3. The first-order valence-electron chi connectivity index (χ1n) is 10.9. The molecular weight excluding hydrogens is 431 g/mol. The molecule has 176 valence electrons. The topological polar surface area (TPSA) is 46.6 Å². The van der Waals surface area contributed by atoms with Gasteiger partial charge in [-0.3, -0.25) is 4.79 Å². The lowest BCUT2D eigenvalue weighted by Gasteiger charge is -2.34. The fourth-order valence-electron chi connectivity index (χ4n) is 3.97. The maximum Gasteiger partial charge on any atom is 0.416 e. The molecule has 0 saturated carbocycles. The van der Waals surface area contributed by atoms with Crippen LogP contribution < -0.4 is 0 Å². The Morgan fingerprint density at radius 3 is 2.36 bits per heavy atom. The molecule has 1 atom stereocenters. The SMILES string of the molecule is CC1=C(C(=O)OCC(C)C)[C@@H](c2ccc(C(F)(F)F)cc2)CC(=O)N1Cc1cccc(C)c1. The van der Waals surface area contributed by atoms with Gasteiger partial charge < -0.3 is 9.64 Å². The number of hydrogen-bond donors (Lipinski definition) is 0. The Kier molecular flexibility index (Phi) is 7.30. The van der Waals surface area contributed by atoms with Crippen molar-refractivity contribution in [3.63, 3.8) is 0 Å². The smallest absolute Gasteiger partial charge is 0.416 e. The number of halogens is 3. The van der Waals surface area contributed by atoms with E-state index in [-0.39, 0.29) is 24.9 Å². The standard InChI is InChI=1S/C26H28F3NO3/c1-16(2)15-33-25(32)24-18(4)30(14-19-7-5-6-17(3)12-19)23(31)13-22(24)20-8-10-21(11-9-20)26(27,28)29/h5-12,16,22H,13-15H2,1-4H3/t22-/m1/s1. The highest BCUT2D eigenvalue weighted by atomic mass is 19.4. The van der Waals surface area contributed by atoms with Gasteiger partial charge in [0, 0.05) is 18.0 Å². The third kappa shape index (κ3) is 5.83. The van der Waals surface area contributed by atoms with Gasteiger partial charge in [-0.1, -0.05) is 55.8 Å². The first-order chi connectivity index (χ1) is 15.5. The number of rotatable bonds is 6. The Morgan fingerprint density at radius 2 is 1.79 bits per heavy atom. The van der Waals surface area contributed by atoms with Crippen LogP contribution in [0.5, 0.6) is 0 Å². The van der Waals surface area contributed by atoms with E-state index < -0.39 is 23.6 Å². The molecule has 0 radical (unpaired) electrons. The second-order valence-corrected chi connectivity index (χ2v) is 8.84. The molecule has 0 aliphatic carbocycles. The fraction of sp³-hybridized carbons (Fsp3) is 0.385. The summed E-state index contributed by atoms with van der Waals surface area (Å²) >= 11 is 0. The van der Waals surface area contributed by atoms with E-state index in [1.807, 2.05) is 45.0 Å². The van der Waals surface area contributed by atoms with Crippen molar-refractivity contribution in [3.8, 4) is 0 Å². The minimum atomic E-state index is -4.46. The van der Waals surface area contributed by atoms with Crippen LogP contribution in [0.3, 0.4) is 0 Å². The average Bonchev–Trinajstić information content (AvgIpc) is 2.74. The maximum absolute atomic E-state index is 13.1. The van der Waals surface area contributed by atoms with Gasteiger partial charge in [0.25, 0.3) is 0 Å². The Balaban J connectivity index is 2.01. The number of aryl methyl sites for hydroxylation is 1. The molecule has 0 spiro atoms. The van der Waals surface area contributed by atoms with Gasteiger partial charge in [-0.05, 0) is 43.0 Å². The molecule has 0 saturated heterocycles. The minimum absolute atomic E-state index is 0.0272. The number of ether oxygens (including phenoxy) is 1. The summed E-state index contributed by atoms with van der Waals surface area (Å²) in [4.78, 5) is 27.7. The number of allylic oxidation sites excluding steroid dienone is 1. The van der Waals surface area contributed by atoms with Crippen LogP contribution in [0.25, 0.3) is 0 Å². The van der Waals surface area contributed by atoms with E-state index in [2.05, 4.69) is 0 Å². The van der Waals surface area contributed by atoms with Gasteiger partial charge in [0.2, 0.25) is 5.91 Å². The van der Waals surface area contributed by atoms with Crippen molar-refractivity contribution in [3.05, 3.63) is 82.1 Å². The largest absolute Gasteiger partial charge is 0.462 e. The molecular formula is C26H28F3NO3. The van der Waals surface area contributed by atoms with E-state index in [0.29, 0.717) is 23.4 Å². The van der Waals surface area contributed by atoms with E-state index in [1.54, 1.807) is 11.8 Å². The summed E-state index contributed by atoms with van der Waals surface area (Å²) in [7, 11) is 0. The third-order valence-corrected chi connectivity index (χ3v) is 5.65. The van der Waals surface area contributed by atoms with Crippen LogP contribution in [0.2, 0.25) is 0 Å². The van der Waals surface area contributed by atoms with Gasteiger partial charge in [-0.25, -0.2) is 4.79 Å². The fourth-order valence-corrected chi connectivity index (χ4v) is 3.97. The van der Waals surface area contributed by atoms with Crippen molar-refractivity contribution < 1.29 is 27.5 Å². The highest BCUT2D eigenvalue weighted by Crippen LogP contribution is 2.39. The second kappa shape index (κ2) is 9.81. The summed E-state index contributed by atoms with van der Waals surface area (Å²) in [5.74, 6) is -1.30. The number of hydrogen-bond acceptors (Lipinski definition) is 3. The Morgan fingerprint density at radius 1 is 1.12 bits per heavy atom. The van der Waals surface area contributed by atoms with Crippen molar-refractivity contribution >= 4 is 11.9 Å². The molecule has 3 rings (SSSR count). The van der Waals surface area contributed by atoms with Gasteiger partial charge in [0.05, 0.1) is 24.3 Å². The van der Waals surface area contributed by atoms with Crippen molar-refractivity contribution in [1.29, 1.82) is 0 Å². The first-order valence-corrected chi connectivity index (χ1v) is 10.9. The summed E-state index contributed by atoms with van der Waals surface area (Å²) < 4.78 is 44.5. The number of carbonyl (C=O) groups excluding carboxylic acids is 2. The van der Waals surface area contributed by atoms with E-state index in [0.717, 1.165) is 23.3 Å². The highest BCUT2D eigenvalue weighted by Gasteiger charge is 2.38. The van der Waals surface area contributed by atoms with Gasteiger partial charge in [-0.2, -0.15) is 13.2 Å². The van der Waals surface area contributed by atoms with E-state index in [9.17, 15) is 22.8 Å². The van der Waals surface area contributed by atoms with Crippen molar-refractivity contribution in [2.75, 3.05) is 6.61 Å². The number of esters is 1. The summed E-state index contributed by atoms with van der Waals surface area (Å²) in [6.45, 7) is 7.98.